The number of piperidine rings is 1. The minimum Gasteiger partial charge on any atom is -0.370 e. The quantitative estimate of drug-likeness (QED) is 0.731. The van der Waals surface area contributed by atoms with Gasteiger partial charge in [-0.05, 0) is 31.6 Å². The molecule has 1 saturated heterocycles. The van der Waals surface area contributed by atoms with Crippen molar-refractivity contribution in [1.82, 2.24) is 10.2 Å². The Bertz CT molecular complexity index is 281. The van der Waals surface area contributed by atoms with Crippen LogP contribution in [0.3, 0.4) is 0 Å². The van der Waals surface area contributed by atoms with Gasteiger partial charge < -0.3 is 16.0 Å². The number of rotatable bonds is 3. The van der Waals surface area contributed by atoms with Crippen molar-refractivity contribution in [3.63, 3.8) is 0 Å². The van der Waals surface area contributed by atoms with Crippen molar-refractivity contribution in [1.29, 1.82) is 0 Å². The number of nitrogens with zero attached hydrogens (tertiary/aromatic N) is 1. The van der Waals surface area contributed by atoms with Gasteiger partial charge >= 0.3 is 6.03 Å². The third kappa shape index (κ3) is 3.12. The molecule has 0 unspecified atom stereocenters. The van der Waals surface area contributed by atoms with Crippen LogP contribution in [-0.2, 0) is 4.79 Å². The lowest BCUT2D eigenvalue weighted by molar-refractivity contribution is -0.119. The van der Waals surface area contributed by atoms with Gasteiger partial charge in [-0.25, -0.2) is 4.79 Å². The van der Waals surface area contributed by atoms with Crippen LogP contribution in [0.4, 0.5) is 4.79 Å². The lowest BCUT2D eigenvalue weighted by Gasteiger charge is -2.31. The third-order valence-corrected chi connectivity index (χ3v) is 3.30. The Balaban J connectivity index is 1.71. The fourth-order valence-electron chi connectivity index (χ4n) is 2.12. The van der Waals surface area contributed by atoms with E-state index in [0.717, 1.165) is 38.8 Å². The Labute approximate surface area is 95.3 Å². The number of carbonyl (C=O) groups excluding carboxylic acids is 2. The molecule has 2 fully saturated rings. The lowest BCUT2D eigenvalue weighted by Crippen LogP contribution is -2.45. The zero-order chi connectivity index (χ0) is 11.5. The number of hydrogen-bond acceptors (Lipinski definition) is 2. The van der Waals surface area contributed by atoms with E-state index >= 15 is 0 Å². The van der Waals surface area contributed by atoms with Gasteiger partial charge in [0.05, 0.1) is 0 Å². The summed E-state index contributed by atoms with van der Waals surface area (Å²) in [5.41, 5.74) is 5.16. The molecule has 0 aromatic carbocycles. The Morgan fingerprint density at radius 3 is 2.31 bits per heavy atom. The maximum atomic E-state index is 11.7. The number of carbonyl (C=O) groups is 2. The minimum absolute atomic E-state index is 0.0556. The fourth-order valence-corrected chi connectivity index (χ4v) is 2.12. The Kier molecular flexibility index (Phi) is 3.31. The maximum absolute atomic E-state index is 11.7. The molecule has 2 aliphatic rings. The number of urea groups is 1. The summed E-state index contributed by atoms with van der Waals surface area (Å²) >= 11 is 0. The highest BCUT2D eigenvalue weighted by Crippen LogP contribution is 2.22. The monoisotopic (exact) mass is 225 g/mol. The number of amides is 3. The van der Waals surface area contributed by atoms with E-state index in [4.69, 9.17) is 5.73 Å². The van der Waals surface area contributed by atoms with Gasteiger partial charge in [0, 0.05) is 25.6 Å². The second-order valence-electron chi connectivity index (χ2n) is 4.82. The zero-order valence-corrected chi connectivity index (χ0v) is 9.45. The van der Waals surface area contributed by atoms with Gasteiger partial charge in [-0.2, -0.15) is 0 Å². The van der Waals surface area contributed by atoms with Gasteiger partial charge in [0.25, 0.3) is 0 Å². The van der Waals surface area contributed by atoms with Crippen molar-refractivity contribution >= 4 is 11.9 Å². The van der Waals surface area contributed by atoms with Gasteiger partial charge in [0.2, 0.25) is 5.91 Å². The third-order valence-electron chi connectivity index (χ3n) is 3.30. The largest absolute Gasteiger partial charge is 0.370 e. The van der Waals surface area contributed by atoms with Gasteiger partial charge in [-0.1, -0.05) is 0 Å². The topological polar surface area (TPSA) is 75.4 Å². The van der Waals surface area contributed by atoms with E-state index in [1.165, 1.54) is 0 Å². The zero-order valence-electron chi connectivity index (χ0n) is 9.45. The molecule has 3 amide bonds. The second-order valence-corrected chi connectivity index (χ2v) is 4.82. The van der Waals surface area contributed by atoms with E-state index < -0.39 is 0 Å². The molecule has 1 heterocycles. The fraction of sp³-hybridized carbons (Fsp3) is 0.818. The molecule has 5 heteroatoms. The number of hydrogen-bond donors (Lipinski definition) is 2. The van der Waals surface area contributed by atoms with E-state index in [1.54, 1.807) is 0 Å². The molecular formula is C11H19N3O2. The van der Waals surface area contributed by atoms with Crippen molar-refractivity contribution in [3.05, 3.63) is 0 Å². The lowest BCUT2D eigenvalue weighted by atomic mass is 9.93. The highest BCUT2D eigenvalue weighted by molar-refractivity contribution is 5.75. The van der Waals surface area contributed by atoms with Crippen molar-refractivity contribution in [2.75, 3.05) is 13.1 Å². The van der Waals surface area contributed by atoms with Crippen LogP contribution in [0, 0.1) is 5.92 Å². The average molecular weight is 225 g/mol. The standard InChI is InChI=1S/C11H19N3O2/c12-10(15)7-8-3-5-14(6-4-8)11(16)13-9-1-2-9/h8-9H,1-7H2,(H2,12,15)(H,13,16). The summed E-state index contributed by atoms with van der Waals surface area (Å²) in [4.78, 5) is 24.3. The molecule has 1 aliphatic carbocycles. The molecule has 0 atom stereocenters. The van der Waals surface area contributed by atoms with E-state index in [9.17, 15) is 9.59 Å². The first-order chi connectivity index (χ1) is 7.65. The molecule has 2 rings (SSSR count). The van der Waals surface area contributed by atoms with Gasteiger partial charge in [-0.3, -0.25) is 4.79 Å². The summed E-state index contributed by atoms with van der Waals surface area (Å²) in [5, 5.41) is 2.97. The first-order valence-electron chi connectivity index (χ1n) is 5.99. The summed E-state index contributed by atoms with van der Waals surface area (Å²) in [6, 6.07) is 0.468. The van der Waals surface area contributed by atoms with Crippen LogP contribution < -0.4 is 11.1 Å². The van der Waals surface area contributed by atoms with E-state index in [2.05, 4.69) is 5.32 Å². The van der Waals surface area contributed by atoms with E-state index in [1.807, 2.05) is 4.90 Å². The molecule has 16 heavy (non-hydrogen) atoms. The van der Waals surface area contributed by atoms with Crippen LogP contribution in [-0.4, -0.2) is 36.0 Å². The summed E-state index contributed by atoms with van der Waals surface area (Å²) in [7, 11) is 0. The van der Waals surface area contributed by atoms with Crippen LogP contribution in [0.15, 0.2) is 0 Å². The highest BCUT2D eigenvalue weighted by Gasteiger charge is 2.28. The average Bonchev–Trinajstić information content (AvgIpc) is 3.01. The molecule has 0 aromatic heterocycles. The number of nitrogens with one attached hydrogen (secondary N) is 1. The van der Waals surface area contributed by atoms with Gasteiger partial charge in [0.15, 0.2) is 0 Å². The predicted octanol–water partition coefficient (Wildman–Crippen LogP) is 0.446. The Hall–Kier alpha value is -1.26. The summed E-state index contributed by atoms with van der Waals surface area (Å²) < 4.78 is 0. The van der Waals surface area contributed by atoms with Crippen molar-refractivity contribution in [2.24, 2.45) is 11.7 Å². The van der Waals surface area contributed by atoms with Crippen molar-refractivity contribution < 1.29 is 9.59 Å². The van der Waals surface area contributed by atoms with Crippen molar-refractivity contribution in [3.8, 4) is 0 Å². The van der Waals surface area contributed by atoms with Gasteiger partial charge in [0.1, 0.15) is 0 Å². The van der Waals surface area contributed by atoms with Crippen LogP contribution in [0.5, 0.6) is 0 Å². The van der Waals surface area contributed by atoms with Crippen LogP contribution in [0.2, 0.25) is 0 Å². The second kappa shape index (κ2) is 4.72. The maximum Gasteiger partial charge on any atom is 0.317 e. The number of likely N-dealkylation sites (tertiary alicyclic amines) is 1. The molecular weight excluding hydrogens is 206 g/mol. The number of primary amides is 1. The summed E-state index contributed by atoms with van der Waals surface area (Å²) in [5.74, 6) is 0.128. The Morgan fingerprint density at radius 2 is 1.81 bits per heavy atom. The van der Waals surface area contributed by atoms with E-state index in [-0.39, 0.29) is 11.9 Å². The van der Waals surface area contributed by atoms with Crippen LogP contribution in [0.25, 0.3) is 0 Å². The first-order valence-corrected chi connectivity index (χ1v) is 5.99. The first kappa shape index (κ1) is 11.2. The normalized spacial score (nSPS) is 21.9. The molecule has 0 bridgehead atoms. The molecule has 1 saturated carbocycles. The SMILES string of the molecule is NC(=O)CC1CCN(C(=O)NC2CC2)CC1. The minimum atomic E-state index is -0.235. The molecule has 3 N–H and O–H groups in total. The molecule has 5 nitrogen and oxygen atoms in total. The summed E-state index contributed by atoms with van der Waals surface area (Å²) in [6.07, 6.45) is 4.47. The smallest absolute Gasteiger partial charge is 0.317 e. The molecule has 1 aliphatic heterocycles. The summed E-state index contributed by atoms with van der Waals surface area (Å²) in [6.45, 7) is 1.49. The number of nitrogens with two attached hydrogens (primary N) is 1. The van der Waals surface area contributed by atoms with Crippen LogP contribution >= 0.6 is 0 Å². The van der Waals surface area contributed by atoms with E-state index in [0.29, 0.717) is 18.4 Å². The Morgan fingerprint density at radius 1 is 1.19 bits per heavy atom. The molecule has 90 valence electrons. The van der Waals surface area contributed by atoms with Crippen LogP contribution in [0.1, 0.15) is 32.1 Å². The van der Waals surface area contributed by atoms with Crippen molar-refractivity contribution in [2.45, 2.75) is 38.1 Å². The molecule has 0 spiro atoms. The van der Waals surface area contributed by atoms with Gasteiger partial charge in [-0.15, -0.1) is 0 Å². The highest BCUT2D eigenvalue weighted by atomic mass is 16.2. The molecule has 0 radical (unpaired) electrons. The molecule has 0 aromatic rings. The predicted molar refractivity (Wildman–Crippen MR) is 59.7 cm³/mol.